The highest BCUT2D eigenvalue weighted by atomic mass is 15.4. The molecule has 1 heterocycles. The molecular formula is C7H15N3. The van der Waals surface area contributed by atoms with Gasteiger partial charge in [0.15, 0.2) is 0 Å². The van der Waals surface area contributed by atoms with E-state index in [4.69, 9.17) is 0 Å². The molecule has 10 heavy (non-hydrogen) atoms. The van der Waals surface area contributed by atoms with Crippen molar-refractivity contribution in [2.75, 3.05) is 0 Å². The maximum absolute atomic E-state index is 3.89. The number of hydrogen-bond acceptors (Lipinski definition) is 3. The Morgan fingerprint density at radius 2 is 1.90 bits per heavy atom. The molecule has 0 aromatic rings. The summed E-state index contributed by atoms with van der Waals surface area (Å²) < 4.78 is 0. The monoisotopic (exact) mass is 141 g/mol. The molecule has 0 amide bonds. The van der Waals surface area contributed by atoms with Crippen LogP contribution in [0.1, 0.15) is 27.7 Å². The summed E-state index contributed by atoms with van der Waals surface area (Å²) in [5.41, 5.74) is 2.51. The molecule has 0 saturated carbocycles. The van der Waals surface area contributed by atoms with Gasteiger partial charge in [0.05, 0.1) is 5.54 Å². The van der Waals surface area contributed by atoms with E-state index in [0.29, 0.717) is 0 Å². The molecular weight excluding hydrogens is 126 g/mol. The normalized spacial score (nSPS) is 18.8. The van der Waals surface area contributed by atoms with Gasteiger partial charge in [-0.1, -0.05) is 19.1 Å². The number of nitrogens with zero attached hydrogens (tertiary/aromatic N) is 2. The SMILES string of the molecule is CC.CC1(C)C=CNN=N1. The molecule has 0 bridgehead atoms. The van der Waals surface area contributed by atoms with Crippen molar-refractivity contribution in [2.24, 2.45) is 10.3 Å². The standard InChI is InChI=1S/C5H9N3.C2H6/c1-5(2)3-4-6-8-7-5;1-2/h3-4H,1-2H3,(H,6,7);1-2H3. The van der Waals surface area contributed by atoms with Crippen molar-refractivity contribution in [2.45, 2.75) is 33.2 Å². The van der Waals surface area contributed by atoms with Crippen molar-refractivity contribution in [1.29, 1.82) is 0 Å². The fraction of sp³-hybridized carbons (Fsp3) is 0.714. The Balaban J connectivity index is 0.000000371. The van der Waals surface area contributed by atoms with Crippen LogP contribution in [0.25, 0.3) is 0 Å². The molecule has 1 rings (SSSR count). The first-order chi connectivity index (χ1) is 4.71. The molecule has 0 unspecified atom stereocenters. The van der Waals surface area contributed by atoms with Gasteiger partial charge in [0, 0.05) is 6.20 Å². The van der Waals surface area contributed by atoms with E-state index in [0.717, 1.165) is 0 Å². The predicted molar refractivity (Wildman–Crippen MR) is 42.6 cm³/mol. The Morgan fingerprint density at radius 3 is 2.10 bits per heavy atom. The van der Waals surface area contributed by atoms with E-state index in [1.807, 2.05) is 33.8 Å². The molecule has 0 spiro atoms. The van der Waals surface area contributed by atoms with E-state index in [2.05, 4.69) is 15.8 Å². The second kappa shape index (κ2) is 4.04. The van der Waals surface area contributed by atoms with E-state index in [9.17, 15) is 0 Å². The summed E-state index contributed by atoms with van der Waals surface area (Å²) in [6.45, 7) is 7.99. The zero-order valence-electron chi connectivity index (χ0n) is 7.05. The molecule has 0 aromatic heterocycles. The first-order valence-corrected chi connectivity index (χ1v) is 3.56. The summed E-state index contributed by atoms with van der Waals surface area (Å²) in [5.74, 6) is 0. The van der Waals surface area contributed by atoms with Gasteiger partial charge in [0.25, 0.3) is 0 Å². The van der Waals surface area contributed by atoms with Crippen molar-refractivity contribution in [1.82, 2.24) is 5.43 Å². The van der Waals surface area contributed by atoms with Crippen LogP contribution >= 0.6 is 0 Å². The maximum atomic E-state index is 3.89. The maximum Gasteiger partial charge on any atom is 0.0978 e. The predicted octanol–water partition coefficient (Wildman–Crippen LogP) is 2.28. The van der Waals surface area contributed by atoms with Crippen LogP contribution in [0.3, 0.4) is 0 Å². The van der Waals surface area contributed by atoms with Crippen molar-refractivity contribution in [3.05, 3.63) is 12.3 Å². The van der Waals surface area contributed by atoms with Crippen LogP contribution in [-0.2, 0) is 0 Å². The molecule has 0 saturated heterocycles. The fourth-order valence-corrected chi connectivity index (χ4v) is 0.466. The lowest BCUT2D eigenvalue weighted by Gasteiger charge is -2.14. The van der Waals surface area contributed by atoms with Gasteiger partial charge in [-0.05, 0) is 19.9 Å². The Hall–Kier alpha value is -0.860. The van der Waals surface area contributed by atoms with Crippen molar-refractivity contribution < 1.29 is 0 Å². The summed E-state index contributed by atoms with van der Waals surface area (Å²) in [6.07, 6.45) is 3.74. The quantitative estimate of drug-likeness (QED) is 0.552. The number of nitrogens with one attached hydrogen (secondary N) is 1. The summed E-state index contributed by atoms with van der Waals surface area (Å²) in [6, 6.07) is 0. The molecule has 3 nitrogen and oxygen atoms in total. The smallest absolute Gasteiger partial charge is 0.0978 e. The lowest BCUT2D eigenvalue weighted by Crippen LogP contribution is -2.17. The van der Waals surface area contributed by atoms with E-state index in [1.165, 1.54) is 0 Å². The van der Waals surface area contributed by atoms with E-state index in [1.54, 1.807) is 6.20 Å². The minimum absolute atomic E-state index is 0.106. The second-order valence-corrected chi connectivity index (χ2v) is 2.32. The van der Waals surface area contributed by atoms with E-state index in [-0.39, 0.29) is 5.54 Å². The van der Waals surface area contributed by atoms with Crippen LogP contribution in [0, 0.1) is 0 Å². The Bertz CT molecular complexity index is 122. The summed E-state index contributed by atoms with van der Waals surface area (Å²) >= 11 is 0. The molecule has 0 aliphatic carbocycles. The average molecular weight is 141 g/mol. The zero-order chi connectivity index (χ0) is 8.04. The second-order valence-electron chi connectivity index (χ2n) is 2.32. The molecule has 0 atom stereocenters. The lowest BCUT2D eigenvalue weighted by molar-refractivity contribution is 0.559. The third-order valence-corrected chi connectivity index (χ3v) is 0.931. The van der Waals surface area contributed by atoms with Gasteiger partial charge in [-0.25, -0.2) is 0 Å². The Kier molecular flexibility index (Phi) is 3.69. The van der Waals surface area contributed by atoms with E-state index >= 15 is 0 Å². The van der Waals surface area contributed by atoms with Gasteiger partial charge in [0.2, 0.25) is 0 Å². The molecule has 1 N–H and O–H groups in total. The Morgan fingerprint density at radius 1 is 1.30 bits per heavy atom. The third kappa shape index (κ3) is 3.22. The van der Waals surface area contributed by atoms with Crippen LogP contribution in [0.15, 0.2) is 22.6 Å². The molecule has 0 fully saturated rings. The molecule has 1 aliphatic heterocycles. The number of hydrogen-bond donors (Lipinski definition) is 1. The topological polar surface area (TPSA) is 36.8 Å². The Labute approximate surface area is 62.2 Å². The van der Waals surface area contributed by atoms with Crippen molar-refractivity contribution in [3.63, 3.8) is 0 Å². The van der Waals surface area contributed by atoms with Crippen LogP contribution in [0.2, 0.25) is 0 Å². The first kappa shape index (κ1) is 9.14. The highest BCUT2D eigenvalue weighted by molar-refractivity contribution is 5.00. The summed E-state index contributed by atoms with van der Waals surface area (Å²) in [7, 11) is 0. The van der Waals surface area contributed by atoms with Crippen molar-refractivity contribution in [3.8, 4) is 0 Å². The van der Waals surface area contributed by atoms with Crippen LogP contribution < -0.4 is 5.43 Å². The van der Waals surface area contributed by atoms with Gasteiger partial charge in [-0.3, -0.25) is 5.43 Å². The van der Waals surface area contributed by atoms with Crippen molar-refractivity contribution >= 4 is 0 Å². The van der Waals surface area contributed by atoms with Crippen LogP contribution in [0.5, 0.6) is 0 Å². The van der Waals surface area contributed by atoms with Crippen LogP contribution in [0.4, 0.5) is 0 Å². The molecule has 0 aromatic carbocycles. The summed E-state index contributed by atoms with van der Waals surface area (Å²) in [4.78, 5) is 0. The fourth-order valence-electron chi connectivity index (χ4n) is 0.466. The largest absolute Gasteiger partial charge is 0.268 e. The lowest BCUT2D eigenvalue weighted by atomic mass is 10.1. The third-order valence-electron chi connectivity index (χ3n) is 0.931. The minimum Gasteiger partial charge on any atom is -0.268 e. The highest BCUT2D eigenvalue weighted by Gasteiger charge is 2.12. The van der Waals surface area contributed by atoms with Gasteiger partial charge in [-0.2, -0.15) is 5.11 Å². The zero-order valence-corrected chi connectivity index (χ0v) is 7.05. The molecule has 1 aliphatic rings. The van der Waals surface area contributed by atoms with Gasteiger partial charge < -0.3 is 0 Å². The van der Waals surface area contributed by atoms with Gasteiger partial charge in [-0.15, -0.1) is 0 Å². The first-order valence-electron chi connectivity index (χ1n) is 3.56. The highest BCUT2D eigenvalue weighted by Crippen LogP contribution is 2.12. The van der Waals surface area contributed by atoms with Gasteiger partial charge in [0.1, 0.15) is 0 Å². The summed E-state index contributed by atoms with van der Waals surface area (Å²) in [5, 5.41) is 7.51. The minimum atomic E-state index is -0.106. The number of rotatable bonds is 0. The molecule has 0 radical (unpaired) electrons. The van der Waals surface area contributed by atoms with Gasteiger partial charge >= 0.3 is 0 Å². The molecule has 3 heteroatoms. The molecule has 58 valence electrons. The van der Waals surface area contributed by atoms with E-state index < -0.39 is 0 Å². The van der Waals surface area contributed by atoms with Crippen LogP contribution in [-0.4, -0.2) is 5.54 Å². The average Bonchev–Trinajstić information content (AvgIpc) is 1.92.